The Morgan fingerprint density at radius 2 is 1.92 bits per heavy atom. The fraction of sp³-hybridized carbons (Fsp3) is 0.516. The summed E-state index contributed by atoms with van der Waals surface area (Å²) < 4.78 is 1.65. The summed E-state index contributed by atoms with van der Waals surface area (Å²) in [5, 5.41) is 5.44. The fourth-order valence-electron chi connectivity index (χ4n) is 7.06. The Bertz CT molecular complexity index is 1480. The number of nitrogens with zero attached hydrogens (tertiary/aromatic N) is 4. The molecule has 3 saturated carbocycles. The smallest absolute Gasteiger partial charge is 0.261 e. The van der Waals surface area contributed by atoms with Crippen molar-refractivity contribution in [3.63, 3.8) is 0 Å². The number of halogens is 2. The maximum Gasteiger partial charge on any atom is 0.261 e. The van der Waals surface area contributed by atoms with Gasteiger partial charge in [-0.05, 0) is 91.2 Å². The lowest BCUT2D eigenvalue weighted by atomic mass is 9.45. The van der Waals surface area contributed by atoms with E-state index in [2.05, 4.69) is 36.0 Å². The number of aliphatic imine (C=N–C) groups is 1. The van der Waals surface area contributed by atoms with Crippen molar-refractivity contribution in [1.29, 1.82) is 0 Å². The van der Waals surface area contributed by atoms with Gasteiger partial charge in [-0.3, -0.25) is 9.36 Å². The number of likely N-dealkylation sites (tertiary alicyclic amines) is 1. The lowest BCUT2D eigenvalue weighted by molar-refractivity contribution is -0.108. The zero-order valence-corrected chi connectivity index (χ0v) is 24.5. The maximum absolute atomic E-state index is 13.2. The minimum Gasteiger partial charge on any atom is -0.343 e. The zero-order valence-electron chi connectivity index (χ0n) is 23.0. The molecule has 206 valence electrons. The molecule has 1 aliphatic heterocycles. The van der Waals surface area contributed by atoms with Gasteiger partial charge in [0.1, 0.15) is 0 Å². The second kappa shape index (κ2) is 10.4. The molecule has 39 heavy (non-hydrogen) atoms. The lowest BCUT2D eigenvalue weighted by Gasteiger charge is -2.61. The first-order valence-electron chi connectivity index (χ1n) is 14.2. The van der Waals surface area contributed by atoms with Crippen molar-refractivity contribution < 1.29 is 0 Å². The van der Waals surface area contributed by atoms with E-state index in [-0.39, 0.29) is 5.56 Å². The van der Waals surface area contributed by atoms with Crippen molar-refractivity contribution >= 4 is 45.8 Å². The van der Waals surface area contributed by atoms with Gasteiger partial charge in [-0.25, -0.2) is 9.98 Å². The average Bonchev–Trinajstić information content (AvgIpc) is 3.45. The third-order valence-corrected chi connectivity index (χ3v) is 10.3. The lowest BCUT2D eigenvalue weighted by Crippen LogP contribution is -2.56. The topological polar surface area (TPSA) is 62.5 Å². The summed E-state index contributed by atoms with van der Waals surface area (Å²) in [6, 6.07) is 11.6. The van der Waals surface area contributed by atoms with E-state index in [4.69, 9.17) is 28.2 Å². The highest BCUT2D eigenvalue weighted by atomic mass is 35.5. The minimum absolute atomic E-state index is 0.0528. The summed E-state index contributed by atoms with van der Waals surface area (Å²) in [6.07, 6.45) is 7.16. The van der Waals surface area contributed by atoms with Gasteiger partial charge in [-0.2, -0.15) is 0 Å². The summed E-state index contributed by atoms with van der Waals surface area (Å²) in [6.45, 7) is 9.81. The number of benzene rings is 2. The molecular weight excluding hydrogens is 529 g/mol. The number of hydrogen-bond donors (Lipinski definition) is 1. The molecule has 2 bridgehead atoms. The van der Waals surface area contributed by atoms with E-state index in [9.17, 15) is 4.79 Å². The van der Waals surface area contributed by atoms with Crippen LogP contribution < -0.4 is 10.9 Å². The van der Waals surface area contributed by atoms with Crippen molar-refractivity contribution in [3.8, 4) is 0 Å². The molecule has 3 aromatic rings. The van der Waals surface area contributed by atoms with Crippen LogP contribution >= 0.6 is 23.2 Å². The van der Waals surface area contributed by atoms with Crippen LogP contribution in [0.4, 0.5) is 5.69 Å². The summed E-state index contributed by atoms with van der Waals surface area (Å²) >= 11 is 12.3. The molecule has 1 N–H and O–H groups in total. The van der Waals surface area contributed by atoms with E-state index < -0.39 is 0 Å². The highest BCUT2D eigenvalue weighted by Crippen LogP contribution is 2.61. The van der Waals surface area contributed by atoms with Crippen LogP contribution in [-0.4, -0.2) is 39.5 Å². The fourth-order valence-corrected chi connectivity index (χ4v) is 7.56. The summed E-state index contributed by atoms with van der Waals surface area (Å²) in [5.74, 6) is 3.09. The van der Waals surface area contributed by atoms with Crippen LogP contribution in [0.2, 0.25) is 10.0 Å². The number of anilines is 1. The third-order valence-electron chi connectivity index (χ3n) is 9.73. The predicted molar refractivity (Wildman–Crippen MR) is 161 cm³/mol. The van der Waals surface area contributed by atoms with Crippen LogP contribution in [0.5, 0.6) is 0 Å². The molecule has 2 aromatic carbocycles. The Morgan fingerprint density at radius 3 is 2.64 bits per heavy atom. The van der Waals surface area contributed by atoms with Gasteiger partial charge in [0.2, 0.25) is 0 Å². The molecule has 7 rings (SSSR count). The monoisotopic (exact) mass is 565 g/mol. The van der Waals surface area contributed by atoms with Crippen molar-refractivity contribution in [3.05, 3.63) is 68.7 Å². The highest BCUT2D eigenvalue weighted by Gasteiger charge is 2.56. The van der Waals surface area contributed by atoms with Gasteiger partial charge in [0.05, 0.1) is 23.3 Å². The second-order valence-electron chi connectivity index (χ2n) is 12.3. The first-order chi connectivity index (χ1) is 18.7. The molecule has 0 spiro atoms. The molecule has 3 aliphatic carbocycles. The van der Waals surface area contributed by atoms with Gasteiger partial charge in [0.25, 0.3) is 5.56 Å². The van der Waals surface area contributed by atoms with Gasteiger partial charge in [-0.15, -0.1) is 0 Å². The van der Waals surface area contributed by atoms with Crippen LogP contribution in [0.25, 0.3) is 10.9 Å². The van der Waals surface area contributed by atoms with Crippen LogP contribution in [0, 0.1) is 23.2 Å². The first kappa shape index (κ1) is 26.6. The second-order valence-corrected chi connectivity index (χ2v) is 13.1. The Hall–Kier alpha value is -2.57. The van der Waals surface area contributed by atoms with Crippen molar-refractivity contribution in [2.75, 3.05) is 18.4 Å². The largest absolute Gasteiger partial charge is 0.343 e. The van der Waals surface area contributed by atoms with Crippen LogP contribution in [-0.2, 0) is 13.0 Å². The molecule has 1 unspecified atom stereocenters. The standard InChI is InChI=1S/C31H37Cl2N5O/c1-19-25-14-21(31(25,2)3)15-27(19)36-30(37-11-4-5-12-37)35-23-8-9-24-28(17-23)34-18-38(29(24)39)13-10-20-6-7-22(32)16-26(20)33/h6-9,16-19,21,25,27H,4-5,10-15H2,1-3H3,(H,35,36)/t19-,21-,25+,27?/m0/s1. The molecular formula is C31H37Cl2N5O. The van der Waals surface area contributed by atoms with Crippen LogP contribution in [0.1, 0.15) is 52.0 Å². The average molecular weight is 567 g/mol. The number of fused-ring (bicyclic) bond motifs is 3. The van der Waals surface area contributed by atoms with Crippen molar-refractivity contribution in [2.24, 2.45) is 28.2 Å². The Kier molecular flexibility index (Phi) is 7.13. The summed E-state index contributed by atoms with van der Waals surface area (Å²) in [5.41, 5.74) is 2.95. The molecule has 0 amide bonds. The molecule has 6 nitrogen and oxygen atoms in total. The molecule has 0 radical (unpaired) electrons. The van der Waals surface area contributed by atoms with E-state index in [1.165, 1.54) is 25.7 Å². The van der Waals surface area contributed by atoms with Gasteiger partial charge < -0.3 is 10.2 Å². The molecule has 8 heteroatoms. The van der Waals surface area contributed by atoms with E-state index in [1.54, 1.807) is 17.0 Å². The van der Waals surface area contributed by atoms with Gasteiger partial charge >= 0.3 is 0 Å². The van der Waals surface area contributed by atoms with Crippen molar-refractivity contribution in [1.82, 2.24) is 14.5 Å². The number of guanidine groups is 1. The Morgan fingerprint density at radius 1 is 1.13 bits per heavy atom. The number of rotatable bonds is 5. The maximum atomic E-state index is 13.2. The van der Waals surface area contributed by atoms with Gasteiger partial charge in [0, 0.05) is 35.4 Å². The first-order valence-corrected chi connectivity index (χ1v) is 15.0. The van der Waals surface area contributed by atoms with E-state index in [0.29, 0.717) is 51.3 Å². The molecule has 4 atom stereocenters. The van der Waals surface area contributed by atoms with E-state index >= 15 is 0 Å². The Labute approximate surface area is 240 Å². The highest BCUT2D eigenvalue weighted by molar-refractivity contribution is 6.35. The predicted octanol–water partition coefficient (Wildman–Crippen LogP) is 6.88. The summed E-state index contributed by atoms with van der Waals surface area (Å²) in [7, 11) is 0. The number of nitrogens with one attached hydrogen (secondary N) is 1. The Balaban J connectivity index is 1.22. The quantitative estimate of drug-likeness (QED) is 0.270. The van der Waals surface area contributed by atoms with Crippen LogP contribution in [0.15, 0.2) is 52.5 Å². The number of aryl methyl sites for hydroxylation is 2. The van der Waals surface area contributed by atoms with Crippen LogP contribution in [0.3, 0.4) is 0 Å². The van der Waals surface area contributed by atoms with Crippen molar-refractivity contribution in [2.45, 2.75) is 65.5 Å². The van der Waals surface area contributed by atoms with E-state index in [1.807, 2.05) is 30.3 Å². The normalized spacial score (nSPS) is 26.1. The zero-order chi connectivity index (χ0) is 27.3. The molecule has 4 aliphatic rings. The minimum atomic E-state index is -0.0528. The van der Waals surface area contributed by atoms with Gasteiger partial charge in [0.15, 0.2) is 5.96 Å². The van der Waals surface area contributed by atoms with Gasteiger partial charge in [-0.1, -0.05) is 50.0 Å². The molecule has 4 fully saturated rings. The SMILES string of the molecule is C[C@@H]1C(N=C(Nc2ccc3c(=O)n(CCc4ccc(Cl)cc4Cl)cnc3c2)N2CCCC2)C[C@@H]2C[C@H]1C2(C)C. The summed E-state index contributed by atoms with van der Waals surface area (Å²) in [4.78, 5) is 25.6. The third kappa shape index (κ3) is 5.06. The number of hydrogen-bond acceptors (Lipinski definition) is 3. The number of aromatic nitrogens is 2. The molecule has 1 saturated heterocycles. The van der Waals surface area contributed by atoms with E-state index in [0.717, 1.165) is 42.1 Å². The molecule has 1 aromatic heterocycles. The molecule has 2 heterocycles.